The Morgan fingerprint density at radius 1 is 1.46 bits per heavy atom. The van der Waals surface area contributed by atoms with Crippen LogP contribution in [0.2, 0.25) is 0 Å². The molecule has 0 spiro atoms. The number of halogens is 4. The second-order valence-corrected chi connectivity index (χ2v) is 3.89. The van der Waals surface area contributed by atoms with Crippen molar-refractivity contribution in [1.29, 1.82) is 0 Å². The van der Waals surface area contributed by atoms with Crippen molar-refractivity contribution in [2.24, 2.45) is 11.3 Å². The molecule has 0 bridgehead atoms. The van der Waals surface area contributed by atoms with Crippen LogP contribution in [0.1, 0.15) is 13.8 Å². The van der Waals surface area contributed by atoms with Crippen LogP contribution in [-0.4, -0.2) is 6.18 Å². The average Bonchev–Trinajstić information content (AvgIpc) is 1.95. The molecule has 1 aliphatic carbocycles. The first-order valence-corrected chi connectivity index (χ1v) is 4.28. The zero-order valence-corrected chi connectivity index (χ0v) is 8.08. The van der Waals surface area contributed by atoms with E-state index in [-0.39, 0.29) is 5.03 Å². The normalized spacial score (nSPS) is 34.6. The highest BCUT2D eigenvalue weighted by Gasteiger charge is 2.53. The van der Waals surface area contributed by atoms with Gasteiger partial charge in [0.1, 0.15) is 0 Å². The molecule has 0 aliphatic heterocycles. The Kier molecular flexibility index (Phi) is 2.50. The Hall–Kier alpha value is -0.440. The second-order valence-electron chi connectivity index (χ2n) is 3.46. The maximum Gasteiger partial charge on any atom is 0.398 e. The van der Waals surface area contributed by atoms with Gasteiger partial charge in [-0.15, -0.1) is 0 Å². The van der Waals surface area contributed by atoms with E-state index in [2.05, 4.69) is 0 Å². The molecule has 0 amide bonds. The summed E-state index contributed by atoms with van der Waals surface area (Å²) in [6.45, 7) is 2.69. The number of rotatable bonds is 0. The molecule has 13 heavy (non-hydrogen) atoms. The lowest BCUT2D eigenvalue weighted by Gasteiger charge is -2.35. The summed E-state index contributed by atoms with van der Waals surface area (Å²) in [5, 5.41) is 0.151. The van der Waals surface area contributed by atoms with Crippen LogP contribution in [0.4, 0.5) is 13.2 Å². The summed E-state index contributed by atoms with van der Waals surface area (Å²) >= 11 is 5.55. The van der Waals surface area contributed by atoms with Gasteiger partial charge in [0.2, 0.25) is 0 Å². The SMILES string of the molecule is CC1C=CC(Cl)=CC1(C)C(F)(F)F. The number of hydrogen-bond acceptors (Lipinski definition) is 0. The summed E-state index contributed by atoms with van der Waals surface area (Å²) < 4.78 is 37.8. The van der Waals surface area contributed by atoms with Gasteiger partial charge in [-0.3, -0.25) is 0 Å². The van der Waals surface area contributed by atoms with Gasteiger partial charge in [0.15, 0.2) is 0 Å². The molecule has 0 radical (unpaired) electrons. The molecule has 0 saturated heterocycles. The van der Waals surface area contributed by atoms with E-state index < -0.39 is 17.5 Å². The summed E-state index contributed by atoms with van der Waals surface area (Å²) in [6, 6.07) is 0. The quantitative estimate of drug-likeness (QED) is 0.569. The molecule has 0 aromatic heterocycles. The molecule has 0 nitrogen and oxygen atoms in total. The van der Waals surface area contributed by atoms with Crippen LogP contribution in [-0.2, 0) is 0 Å². The van der Waals surface area contributed by atoms with Crippen LogP contribution in [0.5, 0.6) is 0 Å². The molecule has 0 aromatic carbocycles. The Morgan fingerprint density at radius 3 is 2.38 bits per heavy atom. The predicted molar refractivity (Wildman–Crippen MR) is 46.4 cm³/mol. The van der Waals surface area contributed by atoms with Crippen LogP contribution in [0.3, 0.4) is 0 Å². The Labute approximate surface area is 80.1 Å². The highest BCUT2D eigenvalue weighted by Crippen LogP contribution is 2.48. The minimum Gasteiger partial charge on any atom is -0.170 e. The van der Waals surface area contributed by atoms with Gasteiger partial charge in [0.25, 0.3) is 0 Å². The first-order valence-electron chi connectivity index (χ1n) is 3.90. The van der Waals surface area contributed by atoms with Crippen LogP contribution < -0.4 is 0 Å². The molecule has 2 atom stereocenters. The van der Waals surface area contributed by atoms with E-state index in [0.29, 0.717) is 0 Å². The van der Waals surface area contributed by atoms with E-state index in [1.165, 1.54) is 19.1 Å². The number of alkyl halides is 3. The van der Waals surface area contributed by atoms with E-state index in [1.807, 2.05) is 0 Å². The third-order valence-electron chi connectivity index (χ3n) is 2.54. The van der Waals surface area contributed by atoms with Gasteiger partial charge in [0, 0.05) is 5.03 Å². The molecule has 0 saturated carbocycles. The third-order valence-corrected chi connectivity index (χ3v) is 2.77. The van der Waals surface area contributed by atoms with Gasteiger partial charge in [-0.05, 0) is 18.9 Å². The highest BCUT2D eigenvalue weighted by molar-refractivity contribution is 6.31. The third kappa shape index (κ3) is 1.75. The lowest BCUT2D eigenvalue weighted by atomic mass is 9.75. The van der Waals surface area contributed by atoms with Crippen LogP contribution in [0.25, 0.3) is 0 Å². The zero-order valence-electron chi connectivity index (χ0n) is 7.32. The van der Waals surface area contributed by atoms with E-state index in [1.54, 1.807) is 0 Å². The largest absolute Gasteiger partial charge is 0.398 e. The lowest BCUT2D eigenvalue weighted by molar-refractivity contribution is -0.210. The summed E-state index contributed by atoms with van der Waals surface area (Å²) in [5.41, 5.74) is -1.83. The van der Waals surface area contributed by atoms with Crippen LogP contribution >= 0.6 is 11.6 Å². The minimum absolute atomic E-state index is 0.151. The molecule has 1 aliphatic rings. The molecule has 0 aromatic rings. The molecule has 2 unspecified atom stereocenters. The molecule has 74 valence electrons. The maximum absolute atomic E-state index is 12.6. The summed E-state index contributed by atoms with van der Waals surface area (Å²) in [7, 11) is 0. The monoisotopic (exact) mass is 210 g/mol. The topological polar surface area (TPSA) is 0 Å². The molecule has 0 fully saturated rings. The number of hydrogen-bond donors (Lipinski definition) is 0. The number of allylic oxidation sites excluding steroid dienone is 4. The minimum atomic E-state index is -4.25. The van der Waals surface area contributed by atoms with Crippen molar-refractivity contribution < 1.29 is 13.2 Å². The first-order chi connectivity index (χ1) is 5.77. The van der Waals surface area contributed by atoms with Crippen molar-refractivity contribution in [1.82, 2.24) is 0 Å². The molecular formula is C9H10ClF3. The Bertz CT molecular complexity index is 265. The van der Waals surface area contributed by atoms with Gasteiger partial charge in [0.05, 0.1) is 5.41 Å². The van der Waals surface area contributed by atoms with Gasteiger partial charge < -0.3 is 0 Å². The van der Waals surface area contributed by atoms with Crippen LogP contribution in [0.15, 0.2) is 23.3 Å². The summed E-state index contributed by atoms with van der Waals surface area (Å²) in [5.74, 6) is -0.574. The maximum atomic E-state index is 12.6. The smallest absolute Gasteiger partial charge is 0.170 e. The van der Waals surface area contributed by atoms with E-state index in [0.717, 1.165) is 13.0 Å². The standard InChI is InChI=1S/C9H10ClF3/c1-6-3-4-7(10)5-8(6,2)9(11,12)13/h3-6H,1-2H3. The highest BCUT2D eigenvalue weighted by atomic mass is 35.5. The van der Waals surface area contributed by atoms with Gasteiger partial charge in [-0.25, -0.2) is 0 Å². The fourth-order valence-corrected chi connectivity index (χ4v) is 1.54. The van der Waals surface area contributed by atoms with E-state index in [4.69, 9.17) is 11.6 Å². The lowest BCUT2D eigenvalue weighted by Crippen LogP contribution is -2.39. The van der Waals surface area contributed by atoms with Crippen molar-refractivity contribution in [3.8, 4) is 0 Å². The van der Waals surface area contributed by atoms with Gasteiger partial charge in [-0.1, -0.05) is 30.7 Å². The molecular weight excluding hydrogens is 201 g/mol. The fraction of sp³-hybridized carbons (Fsp3) is 0.556. The van der Waals surface area contributed by atoms with Crippen molar-refractivity contribution in [3.05, 3.63) is 23.3 Å². The van der Waals surface area contributed by atoms with Gasteiger partial charge in [-0.2, -0.15) is 13.2 Å². The van der Waals surface area contributed by atoms with E-state index in [9.17, 15) is 13.2 Å². The fourth-order valence-electron chi connectivity index (χ4n) is 1.24. The van der Waals surface area contributed by atoms with E-state index >= 15 is 0 Å². The van der Waals surface area contributed by atoms with Crippen molar-refractivity contribution in [3.63, 3.8) is 0 Å². The average molecular weight is 211 g/mol. The second kappa shape index (κ2) is 3.05. The molecule has 1 rings (SSSR count). The van der Waals surface area contributed by atoms with Gasteiger partial charge >= 0.3 is 6.18 Å². The zero-order chi connectivity index (χ0) is 10.3. The van der Waals surface area contributed by atoms with Crippen molar-refractivity contribution >= 4 is 11.6 Å². The molecule has 0 N–H and O–H groups in total. The summed E-state index contributed by atoms with van der Waals surface area (Å²) in [6.07, 6.45) is -0.202. The Balaban J connectivity index is 3.09. The van der Waals surface area contributed by atoms with Crippen molar-refractivity contribution in [2.45, 2.75) is 20.0 Å². The predicted octanol–water partition coefficient (Wildman–Crippen LogP) is 3.88. The molecule has 4 heteroatoms. The van der Waals surface area contributed by atoms with Crippen molar-refractivity contribution in [2.75, 3.05) is 0 Å². The summed E-state index contributed by atoms with van der Waals surface area (Å²) in [4.78, 5) is 0. The molecule has 0 heterocycles. The Morgan fingerprint density at radius 2 is 2.00 bits per heavy atom. The first kappa shape index (κ1) is 10.6. The van der Waals surface area contributed by atoms with Crippen LogP contribution in [0, 0.1) is 11.3 Å².